The molecule has 0 N–H and O–H groups in total. The minimum absolute atomic E-state index is 0.293. The van der Waals surface area contributed by atoms with Crippen molar-refractivity contribution in [2.24, 2.45) is 0 Å². The fourth-order valence-corrected chi connectivity index (χ4v) is 4.59. The maximum atomic E-state index is 12.6. The van der Waals surface area contributed by atoms with Gasteiger partial charge in [0, 0.05) is 50.5 Å². The molecule has 2 aliphatic rings. The Morgan fingerprint density at radius 3 is 2.48 bits per heavy atom. The number of para-hydroxylation sites is 1. The number of fused-ring (bicyclic) bond motifs is 1. The average molecular weight is 392 g/mol. The first kappa shape index (κ1) is 20.0. The summed E-state index contributed by atoms with van der Waals surface area (Å²) in [4.78, 5) is 19.7. The standard InChI is InChI=1S/C25H33N3O/c1-21-8-6-11-23(20-21)27-18-16-26(17-19-27)14-4-5-15-28-24-12-3-2-9-22(24)10-7-13-25(28)29/h2-3,6,8-9,11-12,20H,4-5,7,10,13-19H2,1H3. The van der Waals surface area contributed by atoms with Crippen LogP contribution in [0.25, 0.3) is 0 Å². The van der Waals surface area contributed by atoms with Crippen molar-refractivity contribution >= 4 is 17.3 Å². The molecule has 2 aliphatic heterocycles. The second-order valence-electron chi connectivity index (χ2n) is 8.40. The highest BCUT2D eigenvalue weighted by molar-refractivity contribution is 5.94. The number of unbranched alkanes of at least 4 members (excludes halogenated alkanes) is 1. The van der Waals surface area contributed by atoms with E-state index >= 15 is 0 Å². The van der Waals surface area contributed by atoms with Crippen LogP contribution in [0.15, 0.2) is 48.5 Å². The molecule has 0 atom stereocenters. The predicted octanol–water partition coefficient (Wildman–Crippen LogP) is 4.27. The van der Waals surface area contributed by atoms with E-state index in [-0.39, 0.29) is 0 Å². The summed E-state index contributed by atoms with van der Waals surface area (Å²) < 4.78 is 0. The maximum Gasteiger partial charge on any atom is 0.226 e. The van der Waals surface area contributed by atoms with Gasteiger partial charge >= 0.3 is 0 Å². The third-order valence-corrected chi connectivity index (χ3v) is 6.27. The average Bonchev–Trinajstić information content (AvgIpc) is 2.90. The minimum atomic E-state index is 0.293. The molecule has 2 aromatic carbocycles. The van der Waals surface area contributed by atoms with Crippen molar-refractivity contribution < 1.29 is 4.79 Å². The van der Waals surface area contributed by atoms with Crippen LogP contribution in [0.2, 0.25) is 0 Å². The molecule has 0 spiro atoms. The number of benzene rings is 2. The fourth-order valence-electron chi connectivity index (χ4n) is 4.59. The Hall–Kier alpha value is -2.33. The van der Waals surface area contributed by atoms with E-state index in [0.29, 0.717) is 12.3 Å². The van der Waals surface area contributed by atoms with E-state index in [9.17, 15) is 4.79 Å². The van der Waals surface area contributed by atoms with Crippen LogP contribution in [0, 0.1) is 6.92 Å². The van der Waals surface area contributed by atoms with Crippen LogP contribution in [0.1, 0.15) is 36.8 Å². The molecule has 0 bridgehead atoms. The molecule has 154 valence electrons. The van der Waals surface area contributed by atoms with Gasteiger partial charge in [0.15, 0.2) is 0 Å². The van der Waals surface area contributed by atoms with E-state index in [0.717, 1.165) is 70.6 Å². The highest BCUT2D eigenvalue weighted by Gasteiger charge is 2.22. The van der Waals surface area contributed by atoms with E-state index in [1.165, 1.54) is 16.8 Å². The van der Waals surface area contributed by atoms with Gasteiger partial charge in [-0.2, -0.15) is 0 Å². The zero-order valence-corrected chi connectivity index (χ0v) is 17.6. The Kier molecular flexibility index (Phi) is 6.50. The number of amides is 1. The highest BCUT2D eigenvalue weighted by atomic mass is 16.2. The molecule has 4 heteroatoms. The monoisotopic (exact) mass is 391 g/mol. The largest absolute Gasteiger partial charge is 0.369 e. The lowest BCUT2D eigenvalue weighted by Crippen LogP contribution is -2.46. The van der Waals surface area contributed by atoms with Gasteiger partial charge in [-0.15, -0.1) is 0 Å². The Morgan fingerprint density at radius 2 is 1.66 bits per heavy atom. The number of rotatable bonds is 6. The number of hydrogen-bond acceptors (Lipinski definition) is 3. The summed E-state index contributed by atoms with van der Waals surface area (Å²) >= 11 is 0. The van der Waals surface area contributed by atoms with Crippen LogP contribution in [0.4, 0.5) is 11.4 Å². The second kappa shape index (κ2) is 9.45. The van der Waals surface area contributed by atoms with E-state index in [4.69, 9.17) is 0 Å². The van der Waals surface area contributed by atoms with Crippen LogP contribution in [0.3, 0.4) is 0 Å². The zero-order chi connectivity index (χ0) is 20.1. The zero-order valence-electron chi connectivity index (χ0n) is 17.6. The SMILES string of the molecule is Cc1cccc(N2CCN(CCCCN3C(=O)CCCc4ccccc43)CC2)c1. The smallest absolute Gasteiger partial charge is 0.226 e. The molecule has 0 aliphatic carbocycles. The van der Waals surface area contributed by atoms with E-state index in [2.05, 4.69) is 65.3 Å². The molecular formula is C25H33N3O. The van der Waals surface area contributed by atoms with Crippen LogP contribution in [-0.2, 0) is 11.2 Å². The Bertz CT molecular complexity index is 826. The summed E-state index contributed by atoms with van der Waals surface area (Å²) in [5.74, 6) is 0.293. The van der Waals surface area contributed by atoms with Crippen molar-refractivity contribution in [2.45, 2.75) is 39.0 Å². The first-order valence-corrected chi connectivity index (χ1v) is 11.1. The Labute approximate surface area is 175 Å². The molecule has 0 radical (unpaired) electrons. The van der Waals surface area contributed by atoms with Gasteiger partial charge in [0.05, 0.1) is 0 Å². The van der Waals surface area contributed by atoms with Crippen molar-refractivity contribution in [2.75, 3.05) is 49.1 Å². The molecule has 4 nitrogen and oxygen atoms in total. The first-order chi connectivity index (χ1) is 14.2. The quantitative estimate of drug-likeness (QED) is 0.688. The predicted molar refractivity (Wildman–Crippen MR) is 121 cm³/mol. The molecule has 1 amide bonds. The fraction of sp³-hybridized carbons (Fsp3) is 0.480. The van der Waals surface area contributed by atoms with Gasteiger partial charge in [-0.1, -0.05) is 30.3 Å². The van der Waals surface area contributed by atoms with Crippen molar-refractivity contribution in [3.05, 3.63) is 59.7 Å². The van der Waals surface area contributed by atoms with Crippen molar-refractivity contribution in [3.8, 4) is 0 Å². The van der Waals surface area contributed by atoms with Gasteiger partial charge in [0.1, 0.15) is 0 Å². The Morgan fingerprint density at radius 1 is 0.862 bits per heavy atom. The number of piperazine rings is 1. The number of carbonyl (C=O) groups excluding carboxylic acids is 1. The summed E-state index contributed by atoms with van der Waals surface area (Å²) in [6.45, 7) is 8.58. The van der Waals surface area contributed by atoms with Gasteiger partial charge in [0.2, 0.25) is 5.91 Å². The number of anilines is 2. The minimum Gasteiger partial charge on any atom is -0.369 e. The summed E-state index contributed by atoms with van der Waals surface area (Å²) in [6, 6.07) is 17.2. The second-order valence-corrected chi connectivity index (χ2v) is 8.40. The number of hydrogen-bond donors (Lipinski definition) is 0. The van der Waals surface area contributed by atoms with Gasteiger partial charge in [-0.3, -0.25) is 9.69 Å². The summed E-state index contributed by atoms with van der Waals surface area (Å²) in [7, 11) is 0. The van der Waals surface area contributed by atoms with Crippen molar-refractivity contribution in [1.29, 1.82) is 0 Å². The number of carbonyl (C=O) groups is 1. The molecule has 4 rings (SSSR count). The molecule has 2 aromatic rings. The summed E-state index contributed by atoms with van der Waals surface area (Å²) in [5.41, 5.74) is 5.14. The molecule has 0 saturated carbocycles. The number of aryl methyl sites for hydroxylation is 2. The van der Waals surface area contributed by atoms with E-state index in [1.807, 2.05) is 4.90 Å². The van der Waals surface area contributed by atoms with Gasteiger partial charge in [-0.25, -0.2) is 0 Å². The lowest BCUT2D eigenvalue weighted by atomic mass is 10.1. The molecule has 1 fully saturated rings. The van der Waals surface area contributed by atoms with Gasteiger partial charge < -0.3 is 9.80 Å². The highest BCUT2D eigenvalue weighted by Crippen LogP contribution is 2.27. The third kappa shape index (κ3) is 4.99. The molecule has 0 unspecified atom stereocenters. The lowest BCUT2D eigenvalue weighted by molar-refractivity contribution is -0.118. The Balaban J connectivity index is 1.23. The molecular weight excluding hydrogens is 358 g/mol. The van der Waals surface area contributed by atoms with E-state index < -0.39 is 0 Å². The van der Waals surface area contributed by atoms with Crippen LogP contribution < -0.4 is 9.80 Å². The molecule has 1 saturated heterocycles. The van der Waals surface area contributed by atoms with E-state index in [1.54, 1.807) is 0 Å². The molecule has 0 aromatic heterocycles. The molecule has 2 heterocycles. The topological polar surface area (TPSA) is 26.8 Å². The van der Waals surface area contributed by atoms with Crippen molar-refractivity contribution in [1.82, 2.24) is 4.90 Å². The lowest BCUT2D eigenvalue weighted by Gasteiger charge is -2.36. The van der Waals surface area contributed by atoms with Crippen LogP contribution >= 0.6 is 0 Å². The molecule has 29 heavy (non-hydrogen) atoms. The van der Waals surface area contributed by atoms with Crippen LogP contribution in [-0.4, -0.2) is 50.1 Å². The first-order valence-electron chi connectivity index (χ1n) is 11.1. The summed E-state index contributed by atoms with van der Waals surface area (Å²) in [5, 5.41) is 0. The van der Waals surface area contributed by atoms with Gasteiger partial charge in [0.25, 0.3) is 0 Å². The normalized spacial score (nSPS) is 17.9. The summed E-state index contributed by atoms with van der Waals surface area (Å²) in [6.07, 6.45) is 4.88. The third-order valence-electron chi connectivity index (χ3n) is 6.27. The van der Waals surface area contributed by atoms with Gasteiger partial charge in [-0.05, 0) is 68.5 Å². The van der Waals surface area contributed by atoms with Crippen molar-refractivity contribution in [3.63, 3.8) is 0 Å². The van der Waals surface area contributed by atoms with Crippen LogP contribution in [0.5, 0.6) is 0 Å². The maximum absolute atomic E-state index is 12.6. The number of nitrogens with zero attached hydrogens (tertiary/aromatic N) is 3.